The maximum atomic E-state index is 9.83. The lowest BCUT2D eigenvalue weighted by Gasteiger charge is -2.13. The van der Waals surface area contributed by atoms with Gasteiger partial charge in [-0.2, -0.15) is 0 Å². The van der Waals surface area contributed by atoms with Crippen molar-refractivity contribution in [3.8, 4) is 0 Å². The van der Waals surface area contributed by atoms with Crippen LogP contribution in [0.4, 0.5) is 0 Å². The molecule has 0 spiro atoms. The summed E-state index contributed by atoms with van der Waals surface area (Å²) >= 11 is 1.75. The standard InChI is InChI=1S/C10H15NOS/c1-10(2,12)9-5-7-6-11-4-3-8(7)13-9/h5,11-12H,3-4,6H2,1-2H3. The molecule has 1 aromatic heterocycles. The van der Waals surface area contributed by atoms with Crippen molar-refractivity contribution in [1.82, 2.24) is 5.32 Å². The molecule has 0 saturated heterocycles. The van der Waals surface area contributed by atoms with Crippen molar-refractivity contribution in [2.45, 2.75) is 32.4 Å². The Morgan fingerprint density at radius 2 is 2.31 bits per heavy atom. The molecule has 1 aliphatic heterocycles. The van der Waals surface area contributed by atoms with Gasteiger partial charge in [-0.3, -0.25) is 0 Å². The van der Waals surface area contributed by atoms with Crippen LogP contribution in [0, 0.1) is 0 Å². The zero-order valence-corrected chi connectivity index (χ0v) is 8.87. The third kappa shape index (κ3) is 1.77. The molecule has 2 heterocycles. The Morgan fingerprint density at radius 1 is 1.54 bits per heavy atom. The Kier molecular flexibility index (Phi) is 2.18. The predicted molar refractivity (Wildman–Crippen MR) is 55.0 cm³/mol. The normalized spacial score (nSPS) is 17.2. The molecule has 0 aromatic carbocycles. The van der Waals surface area contributed by atoms with E-state index in [1.165, 1.54) is 10.4 Å². The van der Waals surface area contributed by atoms with Gasteiger partial charge in [-0.05, 0) is 31.9 Å². The molecule has 1 aliphatic rings. The summed E-state index contributed by atoms with van der Waals surface area (Å²) in [6.07, 6.45) is 1.11. The van der Waals surface area contributed by atoms with Gasteiger partial charge in [0.2, 0.25) is 0 Å². The molecule has 0 atom stereocenters. The molecule has 0 aliphatic carbocycles. The molecule has 0 radical (unpaired) electrons. The second-order valence-electron chi connectivity index (χ2n) is 4.04. The van der Waals surface area contributed by atoms with Gasteiger partial charge in [0.15, 0.2) is 0 Å². The number of rotatable bonds is 1. The van der Waals surface area contributed by atoms with Gasteiger partial charge >= 0.3 is 0 Å². The first-order valence-corrected chi connectivity index (χ1v) is 5.44. The number of hydrogen-bond donors (Lipinski definition) is 2. The highest BCUT2D eigenvalue weighted by Crippen LogP contribution is 2.32. The van der Waals surface area contributed by atoms with Crippen molar-refractivity contribution in [3.63, 3.8) is 0 Å². The highest BCUT2D eigenvalue weighted by molar-refractivity contribution is 7.12. The van der Waals surface area contributed by atoms with Gasteiger partial charge in [0.1, 0.15) is 0 Å². The largest absolute Gasteiger partial charge is 0.385 e. The van der Waals surface area contributed by atoms with Crippen LogP contribution in [-0.2, 0) is 18.6 Å². The van der Waals surface area contributed by atoms with Crippen molar-refractivity contribution < 1.29 is 5.11 Å². The van der Waals surface area contributed by atoms with E-state index >= 15 is 0 Å². The first kappa shape index (κ1) is 9.19. The Balaban J connectivity index is 2.36. The van der Waals surface area contributed by atoms with Crippen LogP contribution in [0.1, 0.15) is 29.2 Å². The minimum atomic E-state index is -0.679. The Morgan fingerprint density at radius 3 is 2.92 bits per heavy atom. The van der Waals surface area contributed by atoms with Gasteiger partial charge < -0.3 is 10.4 Å². The van der Waals surface area contributed by atoms with Gasteiger partial charge in [0, 0.05) is 22.8 Å². The molecule has 2 rings (SSSR count). The van der Waals surface area contributed by atoms with E-state index < -0.39 is 5.60 Å². The zero-order valence-electron chi connectivity index (χ0n) is 8.05. The van der Waals surface area contributed by atoms with E-state index in [-0.39, 0.29) is 0 Å². The number of aliphatic hydroxyl groups is 1. The van der Waals surface area contributed by atoms with E-state index in [4.69, 9.17) is 0 Å². The highest BCUT2D eigenvalue weighted by Gasteiger charge is 2.22. The van der Waals surface area contributed by atoms with Crippen molar-refractivity contribution >= 4 is 11.3 Å². The quantitative estimate of drug-likeness (QED) is 0.717. The first-order valence-electron chi connectivity index (χ1n) is 4.62. The van der Waals surface area contributed by atoms with Crippen molar-refractivity contribution in [2.24, 2.45) is 0 Å². The van der Waals surface area contributed by atoms with Gasteiger partial charge in [-0.25, -0.2) is 0 Å². The fraction of sp³-hybridized carbons (Fsp3) is 0.600. The summed E-state index contributed by atoms with van der Waals surface area (Å²) in [6, 6.07) is 2.13. The fourth-order valence-electron chi connectivity index (χ4n) is 1.55. The number of thiophene rings is 1. The van der Waals surface area contributed by atoms with Crippen LogP contribution in [0.2, 0.25) is 0 Å². The highest BCUT2D eigenvalue weighted by atomic mass is 32.1. The van der Waals surface area contributed by atoms with E-state index in [9.17, 15) is 5.11 Å². The van der Waals surface area contributed by atoms with E-state index in [0.717, 1.165) is 24.4 Å². The molecule has 13 heavy (non-hydrogen) atoms. The average Bonchev–Trinajstić information content (AvgIpc) is 2.45. The summed E-state index contributed by atoms with van der Waals surface area (Å²) in [7, 11) is 0. The second-order valence-corrected chi connectivity index (χ2v) is 5.18. The minimum Gasteiger partial charge on any atom is -0.385 e. The Labute approximate surface area is 82.6 Å². The Bertz CT molecular complexity index is 288. The van der Waals surface area contributed by atoms with E-state index in [1.807, 2.05) is 13.8 Å². The van der Waals surface area contributed by atoms with Gasteiger partial charge in [0.05, 0.1) is 5.60 Å². The smallest absolute Gasteiger partial charge is 0.0932 e. The van der Waals surface area contributed by atoms with Crippen LogP contribution >= 0.6 is 11.3 Å². The molecule has 0 amide bonds. The van der Waals surface area contributed by atoms with Gasteiger partial charge in [-0.15, -0.1) is 11.3 Å². The Hall–Kier alpha value is -0.380. The van der Waals surface area contributed by atoms with E-state index in [1.54, 1.807) is 11.3 Å². The monoisotopic (exact) mass is 197 g/mol. The maximum Gasteiger partial charge on any atom is 0.0932 e. The number of fused-ring (bicyclic) bond motifs is 1. The molecule has 0 fully saturated rings. The zero-order chi connectivity index (χ0) is 9.47. The third-order valence-electron chi connectivity index (χ3n) is 2.34. The lowest BCUT2D eigenvalue weighted by atomic mass is 10.1. The molecule has 1 aromatic rings. The van der Waals surface area contributed by atoms with Crippen molar-refractivity contribution in [3.05, 3.63) is 21.4 Å². The summed E-state index contributed by atoms with van der Waals surface area (Å²) in [5.74, 6) is 0. The molecule has 0 unspecified atom stereocenters. The van der Waals surface area contributed by atoms with Crippen LogP contribution < -0.4 is 5.32 Å². The van der Waals surface area contributed by atoms with Crippen molar-refractivity contribution in [2.75, 3.05) is 6.54 Å². The van der Waals surface area contributed by atoms with Crippen molar-refractivity contribution in [1.29, 1.82) is 0 Å². The topological polar surface area (TPSA) is 32.3 Å². The van der Waals surface area contributed by atoms with Crippen LogP contribution in [0.15, 0.2) is 6.07 Å². The molecule has 72 valence electrons. The van der Waals surface area contributed by atoms with Crippen LogP contribution in [0.3, 0.4) is 0 Å². The average molecular weight is 197 g/mol. The molecule has 0 saturated carbocycles. The lowest BCUT2D eigenvalue weighted by Crippen LogP contribution is -2.21. The molecular weight excluding hydrogens is 182 g/mol. The molecule has 3 heteroatoms. The molecule has 0 bridgehead atoms. The van der Waals surface area contributed by atoms with Gasteiger partial charge in [0.25, 0.3) is 0 Å². The van der Waals surface area contributed by atoms with E-state index in [0.29, 0.717) is 0 Å². The SMILES string of the molecule is CC(C)(O)c1cc2c(s1)CCNC2. The van der Waals surface area contributed by atoms with Crippen LogP contribution in [-0.4, -0.2) is 11.7 Å². The molecule has 2 nitrogen and oxygen atoms in total. The number of nitrogens with one attached hydrogen (secondary N) is 1. The summed E-state index contributed by atoms with van der Waals surface area (Å²) in [5, 5.41) is 13.2. The minimum absolute atomic E-state index is 0.679. The lowest BCUT2D eigenvalue weighted by molar-refractivity contribution is 0.0825. The summed E-state index contributed by atoms with van der Waals surface area (Å²) in [5.41, 5.74) is 0.690. The number of hydrogen-bond acceptors (Lipinski definition) is 3. The third-order valence-corrected chi connectivity index (χ3v) is 3.89. The molecule has 2 N–H and O–H groups in total. The molecular formula is C10H15NOS. The van der Waals surface area contributed by atoms with Crippen LogP contribution in [0.5, 0.6) is 0 Å². The predicted octanol–water partition coefficient (Wildman–Crippen LogP) is 1.62. The van der Waals surface area contributed by atoms with E-state index in [2.05, 4.69) is 11.4 Å². The summed E-state index contributed by atoms with van der Waals surface area (Å²) < 4.78 is 0. The summed E-state index contributed by atoms with van der Waals surface area (Å²) in [4.78, 5) is 2.53. The maximum absolute atomic E-state index is 9.83. The summed E-state index contributed by atoms with van der Waals surface area (Å²) in [6.45, 7) is 5.72. The fourth-order valence-corrected chi connectivity index (χ4v) is 2.74. The first-order chi connectivity index (χ1) is 6.07. The van der Waals surface area contributed by atoms with Gasteiger partial charge in [-0.1, -0.05) is 0 Å². The van der Waals surface area contributed by atoms with Crippen LogP contribution in [0.25, 0.3) is 0 Å². The second kappa shape index (κ2) is 3.08.